The molecule has 2 aliphatic rings. The largest absolute Gasteiger partial charge is 0.493 e. The Bertz CT molecular complexity index is 1080. The lowest BCUT2D eigenvalue weighted by molar-refractivity contribution is 0.0685. The first kappa shape index (κ1) is 18.4. The third kappa shape index (κ3) is 3.20. The van der Waals surface area contributed by atoms with Crippen LogP contribution in [-0.2, 0) is 6.42 Å². The Morgan fingerprint density at radius 3 is 2.70 bits per heavy atom. The van der Waals surface area contributed by atoms with Gasteiger partial charge in [0.2, 0.25) is 12.5 Å². The number of rotatable bonds is 5. The molecular weight excluding hydrogens is 380 g/mol. The van der Waals surface area contributed by atoms with Crippen molar-refractivity contribution in [3.63, 3.8) is 0 Å². The van der Waals surface area contributed by atoms with Crippen molar-refractivity contribution in [3.05, 3.63) is 83.4 Å². The fraction of sp³-hybridized carbons (Fsp3) is 0.208. The predicted molar refractivity (Wildman–Crippen MR) is 113 cm³/mol. The SMILES string of the molecule is COc1cc([C@@H]2Nc3ccccc3C(=O)N2CCc2ccccc2)cc2c1OCO2. The van der Waals surface area contributed by atoms with E-state index in [1.54, 1.807) is 7.11 Å². The third-order valence-electron chi connectivity index (χ3n) is 5.50. The molecule has 0 aliphatic carbocycles. The zero-order valence-corrected chi connectivity index (χ0v) is 16.6. The molecule has 0 bridgehead atoms. The van der Waals surface area contributed by atoms with E-state index in [9.17, 15) is 4.79 Å². The van der Waals surface area contributed by atoms with E-state index in [1.807, 2.05) is 59.5 Å². The van der Waals surface area contributed by atoms with Crippen LogP contribution in [0.4, 0.5) is 5.69 Å². The summed E-state index contributed by atoms with van der Waals surface area (Å²) in [6.45, 7) is 0.734. The number of anilines is 1. The molecule has 1 N–H and O–H groups in total. The summed E-state index contributed by atoms with van der Waals surface area (Å²) >= 11 is 0. The van der Waals surface area contributed by atoms with Gasteiger partial charge in [-0.05, 0) is 36.2 Å². The van der Waals surface area contributed by atoms with E-state index in [4.69, 9.17) is 14.2 Å². The van der Waals surface area contributed by atoms with Gasteiger partial charge in [0.25, 0.3) is 5.91 Å². The molecule has 3 aromatic carbocycles. The maximum Gasteiger partial charge on any atom is 0.257 e. The van der Waals surface area contributed by atoms with Gasteiger partial charge < -0.3 is 24.4 Å². The maximum absolute atomic E-state index is 13.4. The van der Waals surface area contributed by atoms with Crippen LogP contribution in [0.2, 0.25) is 0 Å². The molecule has 30 heavy (non-hydrogen) atoms. The van der Waals surface area contributed by atoms with Crippen molar-refractivity contribution in [2.75, 3.05) is 25.8 Å². The zero-order valence-electron chi connectivity index (χ0n) is 16.6. The number of benzene rings is 3. The summed E-state index contributed by atoms with van der Waals surface area (Å²) in [5.74, 6) is 1.82. The van der Waals surface area contributed by atoms with Gasteiger partial charge in [0.15, 0.2) is 11.5 Å². The van der Waals surface area contributed by atoms with Gasteiger partial charge >= 0.3 is 0 Å². The second-order valence-corrected chi connectivity index (χ2v) is 7.28. The Morgan fingerprint density at radius 1 is 1.07 bits per heavy atom. The van der Waals surface area contributed by atoms with Crippen LogP contribution in [0.5, 0.6) is 17.2 Å². The number of nitrogens with zero attached hydrogens (tertiary/aromatic N) is 1. The summed E-state index contributed by atoms with van der Waals surface area (Å²) in [5.41, 5.74) is 3.56. The van der Waals surface area contributed by atoms with Crippen LogP contribution in [0.15, 0.2) is 66.7 Å². The number of hydrogen-bond donors (Lipinski definition) is 1. The Balaban J connectivity index is 1.53. The lowest BCUT2D eigenvalue weighted by Crippen LogP contribution is -2.44. The highest BCUT2D eigenvalue weighted by Crippen LogP contribution is 2.44. The average Bonchev–Trinajstić information content (AvgIpc) is 3.27. The van der Waals surface area contributed by atoms with Crippen molar-refractivity contribution in [3.8, 4) is 17.2 Å². The molecule has 0 aromatic heterocycles. The third-order valence-corrected chi connectivity index (χ3v) is 5.50. The topological polar surface area (TPSA) is 60.0 Å². The molecule has 6 heteroatoms. The van der Waals surface area contributed by atoms with E-state index in [-0.39, 0.29) is 18.9 Å². The van der Waals surface area contributed by atoms with E-state index < -0.39 is 0 Å². The monoisotopic (exact) mass is 402 g/mol. The Kier molecular flexibility index (Phi) is 4.67. The number of amides is 1. The van der Waals surface area contributed by atoms with Crippen LogP contribution in [0.1, 0.15) is 27.7 Å². The van der Waals surface area contributed by atoms with Gasteiger partial charge in [-0.2, -0.15) is 0 Å². The summed E-state index contributed by atoms with van der Waals surface area (Å²) in [5, 5.41) is 3.53. The maximum atomic E-state index is 13.4. The standard InChI is InChI=1S/C24H22N2O4/c1-28-20-13-17(14-21-22(20)30-15-29-21)23-25-19-10-6-5-9-18(19)24(27)26(23)12-11-16-7-3-2-4-8-16/h2-10,13-14,23,25H,11-12,15H2,1H3/t23-/m1/s1. The number of hydrogen-bond acceptors (Lipinski definition) is 5. The van der Waals surface area contributed by atoms with E-state index in [0.29, 0.717) is 29.4 Å². The molecule has 0 saturated heterocycles. The molecule has 1 atom stereocenters. The number of methoxy groups -OCH3 is 1. The van der Waals surface area contributed by atoms with Crippen molar-refractivity contribution in [2.24, 2.45) is 0 Å². The molecule has 0 fully saturated rings. The van der Waals surface area contributed by atoms with Gasteiger partial charge in [0.05, 0.1) is 12.7 Å². The molecule has 1 amide bonds. The average molecular weight is 402 g/mol. The Morgan fingerprint density at radius 2 is 1.87 bits per heavy atom. The molecule has 2 heterocycles. The molecule has 6 nitrogen and oxygen atoms in total. The van der Waals surface area contributed by atoms with E-state index in [0.717, 1.165) is 17.7 Å². The molecule has 5 rings (SSSR count). The van der Waals surface area contributed by atoms with Crippen LogP contribution in [0, 0.1) is 0 Å². The minimum Gasteiger partial charge on any atom is -0.493 e. The first-order chi connectivity index (χ1) is 14.7. The lowest BCUT2D eigenvalue weighted by Gasteiger charge is -2.38. The smallest absolute Gasteiger partial charge is 0.257 e. The number of para-hydroxylation sites is 1. The highest BCUT2D eigenvalue weighted by atomic mass is 16.7. The molecule has 2 aliphatic heterocycles. The highest BCUT2D eigenvalue weighted by molar-refractivity contribution is 6.01. The van der Waals surface area contributed by atoms with Crippen molar-refractivity contribution < 1.29 is 19.0 Å². The minimum atomic E-state index is -0.348. The summed E-state index contributed by atoms with van der Waals surface area (Å²) < 4.78 is 16.6. The quantitative estimate of drug-likeness (QED) is 0.692. The molecule has 0 unspecified atom stereocenters. The molecular formula is C24H22N2O4. The van der Waals surface area contributed by atoms with Gasteiger partial charge in [-0.15, -0.1) is 0 Å². The summed E-state index contributed by atoms with van der Waals surface area (Å²) in [6, 6.07) is 21.6. The van der Waals surface area contributed by atoms with Crippen molar-refractivity contribution in [2.45, 2.75) is 12.6 Å². The number of carbonyl (C=O) groups excluding carboxylic acids is 1. The summed E-state index contributed by atoms with van der Waals surface area (Å²) in [4.78, 5) is 15.3. The normalized spacial score (nSPS) is 16.8. The van der Waals surface area contributed by atoms with Gasteiger partial charge in [0.1, 0.15) is 6.17 Å². The first-order valence-electron chi connectivity index (χ1n) is 9.92. The van der Waals surface area contributed by atoms with Crippen LogP contribution in [0.25, 0.3) is 0 Å². The summed E-state index contributed by atoms with van der Waals surface area (Å²) in [7, 11) is 1.60. The summed E-state index contributed by atoms with van der Waals surface area (Å²) in [6.07, 6.45) is 0.411. The minimum absolute atomic E-state index is 0.00177. The van der Waals surface area contributed by atoms with Gasteiger partial charge in [-0.1, -0.05) is 42.5 Å². The molecule has 0 saturated carbocycles. The van der Waals surface area contributed by atoms with Crippen molar-refractivity contribution >= 4 is 11.6 Å². The van der Waals surface area contributed by atoms with Gasteiger partial charge in [-0.25, -0.2) is 0 Å². The van der Waals surface area contributed by atoms with Crippen LogP contribution in [0.3, 0.4) is 0 Å². The van der Waals surface area contributed by atoms with Crippen LogP contribution in [-0.4, -0.2) is 31.3 Å². The van der Waals surface area contributed by atoms with Crippen LogP contribution >= 0.6 is 0 Å². The van der Waals surface area contributed by atoms with Crippen LogP contribution < -0.4 is 19.5 Å². The van der Waals surface area contributed by atoms with Gasteiger partial charge in [0, 0.05) is 17.8 Å². The molecule has 152 valence electrons. The predicted octanol–water partition coefficient (Wildman–Crippen LogP) is 4.23. The second kappa shape index (κ2) is 7.63. The van der Waals surface area contributed by atoms with E-state index in [2.05, 4.69) is 17.4 Å². The van der Waals surface area contributed by atoms with E-state index >= 15 is 0 Å². The zero-order chi connectivity index (χ0) is 20.5. The number of ether oxygens (including phenoxy) is 3. The van der Waals surface area contributed by atoms with E-state index in [1.165, 1.54) is 5.56 Å². The number of carbonyl (C=O) groups is 1. The lowest BCUT2D eigenvalue weighted by atomic mass is 10.0. The van der Waals surface area contributed by atoms with Gasteiger partial charge in [-0.3, -0.25) is 4.79 Å². The first-order valence-corrected chi connectivity index (χ1v) is 9.92. The molecule has 0 radical (unpaired) electrons. The Hall–Kier alpha value is -3.67. The Labute approximate surface area is 175 Å². The number of fused-ring (bicyclic) bond motifs is 2. The highest BCUT2D eigenvalue weighted by Gasteiger charge is 2.34. The molecule has 3 aromatic rings. The fourth-order valence-corrected chi connectivity index (χ4v) is 3.99. The second-order valence-electron chi connectivity index (χ2n) is 7.28. The molecule has 0 spiro atoms. The van der Waals surface area contributed by atoms with Crippen molar-refractivity contribution in [1.29, 1.82) is 0 Å². The fourth-order valence-electron chi connectivity index (χ4n) is 3.99. The number of nitrogens with one attached hydrogen (secondary N) is 1. The van der Waals surface area contributed by atoms with Crippen molar-refractivity contribution in [1.82, 2.24) is 4.90 Å².